The van der Waals surface area contributed by atoms with Gasteiger partial charge >= 0.3 is 6.03 Å². The number of carbonyl (C=O) groups is 2. The molecule has 2 aromatic rings. The molecule has 1 aliphatic heterocycles. The number of carbonyl (C=O) groups excluding carboxylic acids is 2. The van der Waals surface area contributed by atoms with Gasteiger partial charge < -0.3 is 15.1 Å². The predicted molar refractivity (Wildman–Crippen MR) is 103 cm³/mol. The van der Waals surface area contributed by atoms with Crippen LogP contribution in [0.2, 0.25) is 0 Å². The Morgan fingerprint density at radius 1 is 0.963 bits per heavy atom. The smallest absolute Gasteiger partial charge is 0.321 e. The Morgan fingerprint density at radius 2 is 1.56 bits per heavy atom. The molecule has 2 aromatic carbocycles. The van der Waals surface area contributed by atoms with Gasteiger partial charge in [-0.2, -0.15) is 0 Å². The third-order valence-corrected chi connectivity index (χ3v) is 4.86. The highest BCUT2D eigenvalue weighted by molar-refractivity contribution is 5.89. The molecule has 0 bridgehead atoms. The lowest BCUT2D eigenvalue weighted by Crippen LogP contribution is -2.51. The summed E-state index contributed by atoms with van der Waals surface area (Å²) in [6, 6.07) is 15.4. The summed E-state index contributed by atoms with van der Waals surface area (Å²) in [5.41, 5.74) is 1.71. The number of urea groups is 1. The van der Waals surface area contributed by atoms with Crippen molar-refractivity contribution in [1.82, 2.24) is 9.80 Å². The van der Waals surface area contributed by atoms with Crippen molar-refractivity contribution in [2.24, 2.45) is 0 Å². The van der Waals surface area contributed by atoms with Crippen molar-refractivity contribution in [2.75, 3.05) is 31.5 Å². The standard InChI is InChI=1S/C21H24FN3O2/c1-16(17-7-9-18(22)10-8-17)15-20(26)24-11-13-25(14-12-24)21(27)23-19-5-3-2-4-6-19/h2-10,16H,11-15H2,1H3,(H,23,27). The SMILES string of the molecule is CC(CC(=O)N1CCN(C(=O)Nc2ccccc2)CC1)c1ccc(F)cc1. The number of para-hydroxylation sites is 1. The summed E-state index contributed by atoms with van der Waals surface area (Å²) in [5.74, 6) is -0.186. The van der Waals surface area contributed by atoms with E-state index in [1.165, 1.54) is 12.1 Å². The number of hydrogen-bond acceptors (Lipinski definition) is 2. The van der Waals surface area contributed by atoms with Gasteiger partial charge in [0.25, 0.3) is 0 Å². The van der Waals surface area contributed by atoms with Crippen LogP contribution in [0.3, 0.4) is 0 Å². The average molecular weight is 369 g/mol. The maximum absolute atomic E-state index is 13.0. The fourth-order valence-corrected chi connectivity index (χ4v) is 3.18. The summed E-state index contributed by atoms with van der Waals surface area (Å²) in [7, 11) is 0. The molecule has 1 N–H and O–H groups in total. The Labute approximate surface area is 158 Å². The van der Waals surface area contributed by atoms with E-state index < -0.39 is 0 Å². The van der Waals surface area contributed by atoms with E-state index in [1.807, 2.05) is 37.3 Å². The van der Waals surface area contributed by atoms with Gasteiger partial charge in [0.2, 0.25) is 5.91 Å². The molecule has 1 heterocycles. The van der Waals surface area contributed by atoms with Gasteiger partial charge in [0.15, 0.2) is 0 Å². The van der Waals surface area contributed by atoms with Gasteiger partial charge in [-0.15, -0.1) is 0 Å². The highest BCUT2D eigenvalue weighted by atomic mass is 19.1. The minimum absolute atomic E-state index is 0.0255. The first-order valence-corrected chi connectivity index (χ1v) is 9.17. The number of benzene rings is 2. The molecule has 27 heavy (non-hydrogen) atoms. The Morgan fingerprint density at radius 3 is 2.19 bits per heavy atom. The largest absolute Gasteiger partial charge is 0.339 e. The molecule has 0 saturated carbocycles. The number of anilines is 1. The summed E-state index contributed by atoms with van der Waals surface area (Å²) in [4.78, 5) is 28.4. The van der Waals surface area contributed by atoms with Crippen molar-refractivity contribution in [1.29, 1.82) is 0 Å². The first-order valence-electron chi connectivity index (χ1n) is 9.17. The second-order valence-electron chi connectivity index (χ2n) is 6.82. The molecule has 3 rings (SSSR count). The van der Waals surface area contributed by atoms with Crippen LogP contribution in [0.4, 0.5) is 14.9 Å². The quantitative estimate of drug-likeness (QED) is 0.894. The van der Waals surface area contributed by atoms with Gasteiger partial charge in [-0.1, -0.05) is 37.3 Å². The van der Waals surface area contributed by atoms with E-state index in [2.05, 4.69) is 5.32 Å². The maximum Gasteiger partial charge on any atom is 0.321 e. The number of hydrogen-bond donors (Lipinski definition) is 1. The van der Waals surface area contributed by atoms with E-state index in [0.29, 0.717) is 32.6 Å². The molecular formula is C21H24FN3O2. The number of nitrogens with one attached hydrogen (secondary N) is 1. The van der Waals surface area contributed by atoms with Crippen molar-refractivity contribution >= 4 is 17.6 Å². The average Bonchev–Trinajstić information content (AvgIpc) is 2.69. The van der Waals surface area contributed by atoms with Crippen molar-refractivity contribution < 1.29 is 14.0 Å². The lowest BCUT2D eigenvalue weighted by Gasteiger charge is -2.35. The number of halogens is 1. The zero-order chi connectivity index (χ0) is 19.2. The molecule has 1 fully saturated rings. The van der Waals surface area contributed by atoms with Gasteiger partial charge in [0.1, 0.15) is 5.82 Å². The molecule has 142 valence electrons. The van der Waals surface area contributed by atoms with Gasteiger partial charge in [-0.25, -0.2) is 9.18 Å². The molecule has 1 unspecified atom stereocenters. The first-order chi connectivity index (χ1) is 13.0. The molecular weight excluding hydrogens is 345 g/mol. The third kappa shape index (κ3) is 5.06. The molecule has 1 atom stereocenters. The highest BCUT2D eigenvalue weighted by Crippen LogP contribution is 2.21. The van der Waals surface area contributed by atoms with Gasteiger partial charge in [-0.3, -0.25) is 4.79 Å². The van der Waals surface area contributed by atoms with Gasteiger partial charge in [-0.05, 0) is 35.7 Å². The predicted octanol–water partition coefficient (Wildman–Crippen LogP) is 3.70. The van der Waals surface area contributed by atoms with Crippen LogP contribution >= 0.6 is 0 Å². The van der Waals surface area contributed by atoms with Crippen LogP contribution in [-0.4, -0.2) is 47.9 Å². The van der Waals surface area contributed by atoms with Gasteiger partial charge in [0.05, 0.1) is 0 Å². The summed E-state index contributed by atoms with van der Waals surface area (Å²) in [5, 5.41) is 2.87. The Balaban J connectivity index is 1.47. The molecule has 0 spiro atoms. The van der Waals surface area contributed by atoms with E-state index in [-0.39, 0.29) is 23.7 Å². The van der Waals surface area contributed by atoms with E-state index >= 15 is 0 Å². The van der Waals surface area contributed by atoms with Crippen LogP contribution in [0.25, 0.3) is 0 Å². The fourth-order valence-electron chi connectivity index (χ4n) is 3.18. The van der Waals surface area contributed by atoms with Crippen molar-refractivity contribution in [3.63, 3.8) is 0 Å². The van der Waals surface area contributed by atoms with E-state index in [4.69, 9.17) is 0 Å². The van der Waals surface area contributed by atoms with Crippen LogP contribution in [-0.2, 0) is 4.79 Å². The zero-order valence-corrected chi connectivity index (χ0v) is 15.4. The summed E-state index contributed by atoms with van der Waals surface area (Å²) >= 11 is 0. The van der Waals surface area contributed by atoms with Crippen LogP contribution < -0.4 is 5.32 Å². The lowest BCUT2D eigenvalue weighted by atomic mass is 9.97. The van der Waals surface area contributed by atoms with Gasteiger partial charge in [0, 0.05) is 38.3 Å². The normalized spacial score (nSPS) is 15.3. The summed E-state index contributed by atoms with van der Waals surface area (Å²) in [6.45, 7) is 4.04. The van der Waals surface area contributed by atoms with Crippen LogP contribution in [0.5, 0.6) is 0 Å². The third-order valence-electron chi connectivity index (χ3n) is 4.86. The number of piperazine rings is 1. The number of nitrogens with zero attached hydrogens (tertiary/aromatic N) is 2. The first kappa shape index (κ1) is 18.9. The van der Waals surface area contributed by atoms with E-state index in [1.54, 1.807) is 21.9 Å². The summed E-state index contributed by atoms with van der Waals surface area (Å²) in [6.07, 6.45) is 0.377. The van der Waals surface area contributed by atoms with E-state index in [9.17, 15) is 14.0 Å². The molecule has 3 amide bonds. The molecule has 1 aliphatic rings. The Bertz CT molecular complexity index is 772. The Kier molecular flexibility index (Phi) is 6.06. The maximum atomic E-state index is 13.0. The zero-order valence-electron chi connectivity index (χ0n) is 15.4. The second-order valence-corrected chi connectivity index (χ2v) is 6.82. The van der Waals surface area contributed by atoms with Crippen molar-refractivity contribution in [3.05, 3.63) is 66.0 Å². The molecule has 0 radical (unpaired) electrons. The molecule has 0 aromatic heterocycles. The molecule has 1 saturated heterocycles. The van der Waals surface area contributed by atoms with E-state index in [0.717, 1.165) is 11.3 Å². The fraction of sp³-hybridized carbons (Fsp3) is 0.333. The molecule has 6 heteroatoms. The molecule has 0 aliphatic carbocycles. The minimum atomic E-state index is -0.276. The highest BCUT2D eigenvalue weighted by Gasteiger charge is 2.25. The van der Waals surface area contributed by atoms with Crippen LogP contribution in [0.1, 0.15) is 24.8 Å². The Hall–Kier alpha value is -2.89. The number of amides is 3. The topological polar surface area (TPSA) is 52.7 Å². The van der Waals surface area contributed by atoms with Crippen LogP contribution in [0, 0.1) is 5.82 Å². The second kappa shape index (κ2) is 8.66. The van der Waals surface area contributed by atoms with Crippen LogP contribution in [0.15, 0.2) is 54.6 Å². The molecule has 5 nitrogen and oxygen atoms in total. The lowest BCUT2D eigenvalue weighted by molar-refractivity contribution is -0.132. The monoisotopic (exact) mass is 369 g/mol. The minimum Gasteiger partial charge on any atom is -0.339 e. The summed E-state index contributed by atoms with van der Waals surface area (Å²) < 4.78 is 13.0. The van der Waals surface area contributed by atoms with Crippen molar-refractivity contribution in [2.45, 2.75) is 19.3 Å². The number of rotatable bonds is 4. The van der Waals surface area contributed by atoms with Crippen molar-refractivity contribution in [3.8, 4) is 0 Å².